The molecule has 103 heavy (non-hydrogen) atoms. The molecule has 4 aliphatic carbocycles. The van der Waals surface area contributed by atoms with E-state index >= 15 is 0 Å². The van der Waals surface area contributed by atoms with Crippen molar-refractivity contribution < 1.29 is 94.8 Å². The average Bonchev–Trinajstić information content (AvgIpc) is 1.73. The third-order valence-corrected chi connectivity index (χ3v) is 24.5. The van der Waals surface area contributed by atoms with Gasteiger partial charge in [0, 0.05) is 101 Å². The van der Waals surface area contributed by atoms with Gasteiger partial charge < -0.3 is 43.6 Å². The number of carbonyl (C=O) groups is 2. The van der Waals surface area contributed by atoms with Gasteiger partial charge in [-0.25, -0.2) is 55.7 Å². The average molecular weight is 1710 g/mol. The van der Waals surface area contributed by atoms with Gasteiger partial charge in [-0.1, -0.05) is 51.0 Å². The number of piperidine rings is 2. The summed E-state index contributed by atoms with van der Waals surface area (Å²) >= 11 is 0. The number of sulfone groups is 2. The van der Waals surface area contributed by atoms with Crippen molar-refractivity contribution in [2.75, 3.05) is 38.7 Å². The fourth-order valence-electron chi connectivity index (χ4n) is 13.1. The molecule has 6 aliphatic rings. The van der Waals surface area contributed by atoms with E-state index in [4.69, 9.17) is 23.1 Å². The van der Waals surface area contributed by atoms with Crippen LogP contribution in [0.4, 0.5) is 34.8 Å². The van der Waals surface area contributed by atoms with E-state index in [1.54, 1.807) is 129 Å². The van der Waals surface area contributed by atoms with E-state index in [9.17, 15) is 51.6 Å². The maximum atomic E-state index is 12.1. The van der Waals surface area contributed by atoms with E-state index in [1.165, 1.54) is 104 Å². The van der Waals surface area contributed by atoms with E-state index in [0.717, 1.165) is 6.26 Å². The first kappa shape index (κ1) is 85.9. The molecule has 12 rings (SSSR count). The molecule has 1 radical (unpaired) electrons. The molecule has 0 unspecified atom stereocenters. The molecule has 2 saturated heterocycles. The van der Waals surface area contributed by atoms with E-state index < -0.39 is 27.5 Å². The monoisotopic (exact) mass is 1710 g/mol. The number of hydrogen-bond donors (Lipinski definition) is 0. The molecular formula is C72H109F6IrN10O10P2S2-. The number of hydrogen-bond acceptors (Lipinski definition) is 16. The molecule has 2 aromatic carbocycles. The molecule has 6 aromatic rings. The Kier molecular flexibility index (Phi) is 33.9. The standard InChI is InChI=1S/2C21H25N5O5S.C18H33P.C8H12.CH4.3CH3.F6P.Ir/c2*1-14(2)30-21(27)25-10-8-16(9-11-25)31-20-18-12-24-26(19(18)22-13-23-20)15-4-6-17(7-5-15)32(3,28)29;1-4-10-16(11-5-1)19(17-12-6-2-7-13-17)18-14-8-3-9-15-18;1-2-4-6-8-7-5-3-1;;;;;1-7(2,3,4,5)6;/h2*4-7,12-14,16H,8-11H2,1-3H3;16-18H,1-15H2;1-2,7-8H,3-6H2;1H4;3*1H3;;/q;;;;;2*-1;+1;-1;/p+1/b;;;2-1-,8-7?;;;;;;/i4T,5T;;;;1T;;;;;. The Labute approximate surface area is 626 Å². The number of aromatic nitrogens is 8. The summed E-state index contributed by atoms with van der Waals surface area (Å²) in [5.74, 6) is 0.738. The normalized spacial score (nSPS) is 18.6. The molecule has 0 N–H and O–H groups in total. The van der Waals surface area contributed by atoms with E-state index in [2.05, 4.69) is 54.4 Å². The Morgan fingerprint density at radius 3 is 1.15 bits per heavy atom. The largest absolute Gasteiger partial charge is 0.474 e. The maximum absolute atomic E-state index is 12.1. The van der Waals surface area contributed by atoms with Gasteiger partial charge in [-0.3, -0.25) is 0 Å². The van der Waals surface area contributed by atoms with Crippen LogP contribution < -0.4 is 9.47 Å². The number of likely N-dealkylation sites (tertiary alicyclic amines) is 2. The Hall–Kier alpha value is -5.98. The maximum Gasteiger partial charge on any atom is 0.410 e. The van der Waals surface area contributed by atoms with Crippen LogP contribution in [0.15, 0.2) is 108 Å². The van der Waals surface area contributed by atoms with Crippen molar-refractivity contribution in [1.29, 1.82) is 0 Å². The molecule has 31 heteroatoms. The summed E-state index contributed by atoms with van der Waals surface area (Å²) < 4.78 is 154. The van der Waals surface area contributed by atoms with Gasteiger partial charge in [-0.05, 0) is 179 Å². The van der Waals surface area contributed by atoms with Crippen LogP contribution in [0.2, 0.25) is 0 Å². The zero-order valence-electron chi connectivity index (χ0n) is 64.1. The molecule has 2 aliphatic heterocycles. The van der Waals surface area contributed by atoms with Crippen LogP contribution in [0.3, 0.4) is 0 Å². The summed E-state index contributed by atoms with van der Waals surface area (Å²) in [4.78, 5) is 44.7. The molecule has 2 amide bonds. The minimum absolute atomic E-state index is 0. The molecule has 20 nitrogen and oxygen atoms in total. The molecule has 6 heterocycles. The Morgan fingerprint density at radius 1 is 0.524 bits per heavy atom. The summed E-state index contributed by atoms with van der Waals surface area (Å²) in [7, 11) is -16.3. The molecule has 0 bridgehead atoms. The summed E-state index contributed by atoms with van der Waals surface area (Å²) in [6.07, 6.45) is 47.1. The van der Waals surface area contributed by atoms with Gasteiger partial charge in [0.05, 0.1) is 65.5 Å². The number of rotatable bonds is 13. The number of benzene rings is 2. The molecule has 5 fully saturated rings. The summed E-state index contributed by atoms with van der Waals surface area (Å²) in [6.45, 7) is 9.38. The first-order valence-corrected chi connectivity index (χ1v) is 41.7. The van der Waals surface area contributed by atoms with E-state index in [0.29, 0.717) is 91.4 Å². The fraction of sp³-hybridized carbons (Fsp3) is 0.569. The molecule has 3 saturated carbocycles. The number of nitrogens with zero attached hydrogens (tertiary/aromatic N) is 10. The third-order valence-electron chi connectivity index (χ3n) is 17.7. The fourth-order valence-corrected chi connectivity index (χ4v) is 19.5. The second-order valence-electron chi connectivity index (χ2n) is 26.3. The van der Waals surface area contributed by atoms with Crippen molar-refractivity contribution in [2.45, 2.75) is 234 Å². The third kappa shape index (κ3) is 30.1. The number of fused-ring (bicyclic) bond motifs is 2. The van der Waals surface area contributed by atoms with Crippen LogP contribution in [0.5, 0.6) is 11.8 Å². The van der Waals surface area contributed by atoms with Crippen LogP contribution in [0, 0.1) is 22.3 Å². The van der Waals surface area contributed by atoms with Gasteiger partial charge in [0.2, 0.25) is 11.8 Å². The minimum atomic E-state index is -10.7. The topological polar surface area (TPSA) is 233 Å². The first-order valence-electron chi connectivity index (χ1n) is 36.1. The Morgan fingerprint density at radius 2 is 0.835 bits per heavy atom. The summed E-state index contributed by atoms with van der Waals surface area (Å²) in [5.41, 5.74) is 5.34. The van der Waals surface area contributed by atoms with Gasteiger partial charge in [-0.2, -0.15) is 10.2 Å². The molecule has 0 spiro atoms. The van der Waals surface area contributed by atoms with E-state index in [-0.39, 0.29) is 114 Å². The van der Waals surface area contributed by atoms with E-state index in [1.807, 2.05) is 27.7 Å². The molecule has 4 aromatic heterocycles. The Balaban J connectivity index is 0.000000373. The van der Waals surface area contributed by atoms with Crippen LogP contribution in [-0.2, 0) is 49.3 Å². The Bertz CT molecular complexity index is 3890. The quantitative estimate of drug-likeness (QED) is 0.0452. The van der Waals surface area contributed by atoms with Crippen LogP contribution in [0.1, 0.15) is 187 Å². The predicted molar refractivity (Wildman–Crippen MR) is 398 cm³/mol. The second-order valence-corrected chi connectivity index (χ2v) is 35.7. The number of allylic oxidation sites excluding steroid dienone is 4. The van der Waals surface area contributed by atoms with Gasteiger partial charge in [0.15, 0.2) is 31.0 Å². The summed E-state index contributed by atoms with van der Waals surface area (Å²) in [6, 6.07) is 8.47. The van der Waals surface area contributed by atoms with Gasteiger partial charge in [0.25, 0.3) is 0 Å². The zero-order valence-corrected chi connectivity index (χ0v) is 67.1. The zero-order chi connectivity index (χ0) is 74.5. The number of amides is 2. The van der Waals surface area contributed by atoms with Gasteiger partial charge in [-0.15, -0.1) is 0 Å². The predicted octanol–water partition coefficient (Wildman–Crippen LogP) is 19.5. The van der Waals surface area contributed by atoms with Crippen molar-refractivity contribution >= 4 is 69.7 Å². The van der Waals surface area contributed by atoms with Crippen LogP contribution in [0.25, 0.3) is 33.4 Å². The van der Waals surface area contributed by atoms with Crippen molar-refractivity contribution in [3.8, 4) is 23.1 Å². The molecular weight excluding hydrogens is 1600 g/mol. The van der Waals surface area contributed by atoms with Crippen LogP contribution in [-0.4, -0.2) is 158 Å². The van der Waals surface area contributed by atoms with Gasteiger partial charge in [0.1, 0.15) is 35.6 Å². The minimum Gasteiger partial charge on any atom is -0.474 e. The second kappa shape index (κ2) is 40.7. The molecule has 0 atom stereocenters. The number of halogens is 6. The molecule has 581 valence electrons. The summed E-state index contributed by atoms with van der Waals surface area (Å²) in [5, 5.41) is 9.81. The number of carbonyl (C=O) groups excluding carboxylic acids is 2. The SMILES string of the molecule is C1=CCC/C=C\CC1.C1CCC([PH+](C2CCCCC2)C2CCCCC2)CC1.CC(C)OC(=O)N1CCC(Oc2ncnc3c2cnn3-c2ccc(S(C)(=O)=O)cc2)CC1.F[P-](F)(F)(F)(F)F.[3H]C.[3H]c1cc(S(C)(=O)=O)cc([3H])c1-n1ncc2c(OC3CCN(C(=O)OC(C)C)CC3)ncnc21.[CH3+].[CH3-].[CH3-].[Ir]. The van der Waals surface area contributed by atoms with Crippen molar-refractivity contribution in [3.63, 3.8) is 0 Å². The van der Waals surface area contributed by atoms with Crippen molar-refractivity contribution in [2.24, 2.45) is 0 Å². The van der Waals surface area contributed by atoms with Crippen molar-refractivity contribution in [3.05, 3.63) is 120 Å². The van der Waals surface area contributed by atoms with Crippen molar-refractivity contribution in [1.82, 2.24) is 49.3 Å². The first-order chi connectivity index (χ1) is 48.2. The van der Waals surface area contributed by atoms with Crippen LogP contribution >= 0.6 is 15.7 Å². The van der Waals surface area contributed by atoms with Gasteiger partial charge >= 0.3 is 45.2 Å². The number of ether oxygens (including phenoxy) is 4. The smallest absolute Gasteiger partial charge is 0.410 e.